The summed E-state index contributed by atoms with van der Waals surface area (Å²) in [6, 6.07) is 6.16. The van der Waals surface area contributed by atoms with Gasteiger partial charge in [-0.05, 0) is 51.3 Å². The Kier molecular flexibility index (Phi) is 10.0. The lowest BCUT2D eigenvalue weighted by molar-refractivity contribution is -0.127. The van der Waals surface area contributed by atoms with E-state index in [4.69, 9.17) is 0 Å². The number of likely N-dealkylation sites (N-methyl/N-ethyl adjacent to an activating group) is 1. The third-order valence-corrected chi connectivity index (χ3v) is 6.25. The van der Waals surface area contributed by atoms with E-state index < -0.39 is 5.92 Å². The Bertz CT molecular complexity index is 1200. The Balaban J connectivity index is 1.62. The minimum absolute atomic E-state index is 0.0355. The van der Waals surface area contributed by atoms with Crippen LogP contribution in [0.15, 0.2) is 42.1 Å². The van der Waals surface area contributed by atoms with Crippen LogP contribution in [0.4, 0.5) is 21.8 Å². The third kappa shape index (κ3) is 7.78. The van der Waals surface area contributed by atoms with Crippen molar-refractivity contribution in [3.63, 3.8) is 0 Å². The van der Waals surface area contributed by atoms with Crippen LogP contribution in [-0.2, 0) is 9.59 Å². The molecule has 1 aromatic carbocycles. The second kappa shape index (κ2) is 13.4. The first-order chi connectivity index (χ1) is 17.8. The van der Waals surface area contributed by atoms with E-state index in [1.807, 2.05) is 0 Å². The van der Waals surface area contributed by atoms with Crippen molar-refractivity contribution in [1.82, 2.24) is 20.6 Å². The zero-order valence-electron chi connectivity index (χ0n) is 21.8. The fourth-order valence-electron chi connectivity index (χ4n) is 3.97. The minimum atomic E-state index is -0.525. The molecule has 0 radical (unpaired) electrons. The molecule has 4 N–H and O–H groups in total. The van der Waals surface area contributed by atoms with Crippen molar-refractivity contribution in [2.75, 3.05) is 24.2 Å². The molecular weight excluding hydrogens is 471 g/mol. The number of nitrogens with one attached hydrogen (secondary N) is 4. The van der Waals surface area contributed by atoms with Crippen molar-refractivity contribution in [3.05, 3.63) is 53.5 Å². The van der Waals surface area contributed by atoms with Gasteiger partial charge in [-0.2, -0.15) is 4.98 Å². The lowest BCUT2D eigenvalue weighted by Crippen LogP contribution is -2.46. The van der Waals surface area contributed by atoms with Gasteiger partial charge in [0.15, 0.2) is 0 Å². The first-order valence-electron chi connectivity index (χ1n) is 12.7. The quantitative estimate of drug-likeness (QED) is 0.219. The number of aromatic nitrogens is 2. The molecule has 1 fully saturated rings. The van der Waals surface area contributed by atoms with E-state index in [1.54, 1.807) is 45.3 Å². The average molecular weight is 507 g/mol. The Hall–Kier alpha value is -3.93. The number of amides is 2. The van der Waals surface area contributed by atoms with Crippen LogP contribution in [0.5, 0.6) is 0 Å². The molecule has 1 aliphatic rings. The van der Waals surface area contributed by atoms with E-state index in [9.17, 15) is 14.0 Å². The van der Waals surface area contributed by atoms with Gasteiger partial charge < -0.3 is 21.3 Å². The number of halogens is 1. The van der Waals surface area contributed by atoms with E-state index in [-0.39, 0.29) is 29.6 Å². The van der Waals surface area contributed by atoms with Gasteiger partial charge in [0.25, 0.3) is 0 Å². The van der Waals surface area contributed by atoms with Gasteiger partial charge in [0.1, 0.15) is 11.6 Å². The maximum atomic E-state index is 13.5. The Labute approximate surface area is 217 Å². The molecule has 0 unspecified atom stereocenters. The molecule has 1 atom stereocenters. The summed E-state index contributed by atoms with van der Waals surface area (Å²) in [7, 11) is 1.55. The van der Waals surface area contributed by atoms with Crippen LogP contribution in [0.3, 0.4) is 0 Å². The molecule has 196 valence electrons. The van der Waals surface area contributed by atoms with Gasteiger partial charge in [-0.3, -0.25) is 9.59 Å². The summed E-state index contributed by atoms with van der Waals surface area (Å²) in [5.41, 5.74) is 1.70. The summed E-state index contributed by atoms with van der Waals surface area (Å²) < 4.78 is 13.5. The third-order valence-electron chi connectivity index (χ3n) is 6.25. The number of allylic oxidation sites excluding steroid dienone is 1. The summed E-state index contributed by atoms with van der Waals surface area (Å²) in [6.07, 6.45) is 6.85. The fraction of sp³-hybridized carbons (Fsp3) is 0.429. The van der Waals surface area contributed by atoms with Gasteiger partial charge in [-0.1, -0.05) is 37.3 Å². The summed E-state index contributed by atoms with van der Waals surface area (Å²) in [6.45, 7) is 6.35. The molecule has 8 nitrogen and oxygen atoms in total. The number of anilines is 3. The van der Waals surface area contributed by atoms with Crippen LogP contribution in [0.25, 0.3) is 0 Å². The molecule has 37 heavy (non-hydrogen) atoms. The highest BCUT2D eigenvalue weighted by Gasteiger charge is 2.31. The number of carbonyl (C=O) groups excluding carboxylic acids is 2. The topological polar surface area (TPSA) is 108 Å². The SMILES string of the molecule is C/C=C(\C(=O)NC)[C@H](C)C(=O)NC1CC(C#Cc2cnc(Nc3cccc(F)c3)nc2NCCCC)C1. The molecule has 9 heteroatoms. The van der Waals surface area contributed by atoms with Crippen molar-refractivity contribution in [2.45, 2.75) is 52.5 Å². The van der Waals surface area contributed by atoms with Crippen molar-refractivity contribution in [3.8, 4) is 11.8 Å². The monoisotopic (exact) mass is 506 g/mol. The molecule has 0 aliphatic heterocycles. The molecule has 2 amide bonds. The standard InChI is InChI=1S/C28H35FN6O2/c1-5-7-13-31-25-20(17-32-28(35-25)34-22-10-8-9-21(29)16-22)12-11-19-14-23(15-19)33-26(36)18(3)24(6-2)27(37)30-4/h6,8-10,16-19,23H,5,7,13-15H2,1-4H3,(H,30,37)(H,33,36)(H2,31,32,34,35)/b24-6-/t18-,19?,23?/m0/s1. The van der Waals surface area contributed by atoms with Crippen LogP contribution >= 0.6 is 0 Å². The van der Waals surface area contributed by atoms with Crippen molar-refractivity contribution in [2.24, 2.45) is 11.8 Å². The molecule has 1 saturated carbocycles. The van der Waals surface area contributed by atoms with Crippen LogP contribution in [0.1, 0.15) is 52.0 Å². The van der Waals surface area contributed by atoms with Gasteiger partial charge >= 0.3 is 0 Å². The lowest BCUT2D eigenvalue weighted by Gasteiger charge is -2.33. The maximum Gasteiger partial charge on any atom is 0.247 e. The van der Waals surface area contributed by atoms with Gasteiger partial charge in [-0.25, -0.2) is 9.37 Å². The fourth-order valence-corrected chi connectivity index (χ4v) is 3.97. The summed E-state index contributed by atoms with van der Waals surface area (Å²) in [5.74, 6) is 6.31. The number of nitrogens with zero attached hydrogens (tertiary/aromatic N) is 2. The highest BCUT2D eigenvalue weighted by Crippen LogP contribution is 2.28. The Morgan fingerprint density at radius 1 is 1.30 bits per heavy atom. The second-order valence-electron chi connectivity index (χ2n) is 9.06. The van der Waals surface area contributed by atoms with E-state index in [0.717, 1.165) is 32.2 Å². The average Bonchev–Trinajstić information content (AvgIpc) is 2.86. The maximum absolute atomic E-state index is 13.5. The summed E-state index contributed by atoms with van der Waals surface area (Å²) in [5, 5.41) is 11.9. The van der Waals surface area contributed by atoms with Gasteiger partial charge in [0, 0.05) is 36.8 Å². The van der Waals surface area contributed by atoms with Crippen molar-refractivity contribution in [1.29, 1.82) is 0 Å². The van der Waals surface area contributed by atoms with E-state index in [1.165, 1.54) is 12.1 Å². The number of hydrogen-bond donors (Lipinski definition) is 4. The minimum Gasteiger partial charge on any atom is -0.369 e. The molecule has 1 heterocycles. The predicted molar refractivity (Wildman–Crippen MR) is 144 cm³/mol. The summed E-state index contributed by atoms with van der Waals surface area (Å²) >= 11 is 0. The Morgan fingerprint density at radius 2 is 2.08 bits per heavy atom. The first kappa shape index (κ1) is 27.7. The first-order valence-corrected chi connectivity index (χ1v) is 12.7. The second-order valence-corrected chi connectivity index (χ2v) is 9.06. The molecule has 0 bridgehead atoms. The van der Waals surface area contributed by atoms with Crippen LogP contribution in [0.2, 0.25) is 0 Å². The van der Waals surface area contributed by atoms with E-state index >= 15 is 0 Å². The molecule has 0 spiro atoms. The molecular formula is C28H35FN6O2. The van der Waals surface area contributed by atoms with E-state index in [0.29, 0.717) is 28.6 Å². The zero-order chi connectivity index (χ0) is 26.8. The number of carbonyl (C=O) groups is 2. The van der Waals surface area contributed by atoms with Crippen LogP contribution in [-0.4, -0.2) is 41.4 Å². The number of hydrogen-bond acceptors (Lipinski definition) is 6. The highest BCUT2D eigenvalue weighted by molar-refractivity contribution is 5.99. The van der Waals surface area contributed by atoms with Crippen LogP contribution in [0, 0.1) is 29.5 Å². The van der Waals surface area contributed by atoms with Gasteiger partial charge in [-0.15, -0.1) is 0 Å². The normalized spacial score (nSPS) is 17.5. The van der Waals surface area contributed by atoms with Gasteiger partial charge in [0.05, 0.1) is 17.7 Å². The summed E-state index contributed by atoms with van der Waals surface area (Å²) in [4.78, 5) is 33.4. The zero-order valence-corrected chi connectivity index (χ0v) is 21.8. The Morgan fingerprint density at radius 3 is 2.76 bits per heavy atom. The molecule has 1 aromatic heterocycles. The van der Waals surface area contributed by atoms with Crippen LogP contribution < -0.4 is 21.3 Å². The number of rotatable bonds is 10. The smallest absolute Gasteiger partial charge is 0.247 e. The van der Waals surface area contributed by atoms with Crippen molar-refractivity contribution < 1.29 is 14.0 Å². The van der Waals surface area contributed by atoms with Crippen molar-refractivity contribution >= 4 is 29.3 Å². The molecule has 3 rings (SSSR count). The lowest BCUT2D eigenvalue weighted by atomic mass is 9.80. The predicted octanol–water partition coefficient (Wildman–Crippen LogP) is 4.15. The molecule has 0 saturated heterocycles. The number of unbranched alkanes of at least 4 members (excludes halogenated alkanes) is 1. The van der Waals surface area contributed by atoms with Gasteiger partial charge in [0.2, 0.25) is 17.8 Å². The highest BCUT2D eigenvalue weighted by atomic mass is 19.1. The number of benzene rings is 1. The largest absolute Gasteiger partial charge is 0.369 e. The molecule has 2 aromatic rings. The molecule has 1 aliphatic carbocycles. The van der Waals surface area contributed by atoms with E-state index in [2.05, 4.69) is 50.0 Å².